The second kappa shape index (κ2) is 10.6. The molecule has 0 saturated carbocycles. The number of hydrogen-bond donors (Lipinski definition) is 3. The molecule has 4 rings (SSSR count). The maximum Gasteiger partial charge on any atom is 0.251 e. The maximum absolute atomic E-state index is 11.9. The number of amides is 2. The molecule has 5 heteroatoms. The van der Waals surface area contributed by atoms with Gasteiger partial charge in [-0.05, 0) is 43.2 Å². The lowest BCUT2D eigenvalue weighted by molar-refractivity contribution is -0.105. The van der Waals surface area contributed by atoms with E-state index in [2.05, 4.69) is 27.8 Å². The Morgan fingerprint density at radius 2 is 1.63 bits per heavy atom. The van der Waals surface area contributed by atoms with Crippen LogP contribution in [0.2, 0.25) is 0 Å². The lowest BCUT2D eigenvalue weighted by Gasteiger charge is -2.14. The minimum atomic E-state index is -0.0148. The summed E-state index contributed by atoms with van der Waals surface area (Å²) in [4.78, 5) is 25.2. The van der Waals surface area contributed by atoms with Gasteiger partial charge in [-0.25, -0.2) is 0 Å². The summed E-state index contributed by atoms with van der Waals surface area (Å²) < 4.78 is 0. The van der Waals surface area contributed by atoms with E-state index >= 15 is 0 Å². The topological polar surface area (TPSA) is 74.0 Å². The van der Waals surface area contributed by atoms with Crippen LogP contribution in [0.5, 0.6) is 0 Å². The van der Waals surface area contributed by atoms with E-state index in [9.17, 15) is 9.59 Å². The van der Waals surface area contributed by atoms with Crippen LogP contribution in [-0.2, 0) is 11.2 Å². The zero-order valence-corrected chi connectivity index (χ0v) is 16.8. The maximum atomic E-state index is 11.9. The van der Waals surface area contributed by atoms with E-state index in [1.807, 2.05) is 85.9 Å². The van der Waals surface area contributed by atoms with Gasteiger partial charge >= 0.3 is 0 Å². The smallest absolute Gasteiger partial charge is 0.251 e. The predicted molar refractivity (Wildman–Crippen MR) is 122 cm³/mol. The lowest BCUT2D eigenvalue weighted by atomic mass is 10.1. The van der Waals surface area contributed by atoms with Crippen molar-refractivity contribution in [2.45, 2.75) is 19.4 Å². The molecular formula is C25H25N3O2. The Hall–Kier alpha value is -3.86. The molecule has 152 valence electrons. The Morgan fingerprint density at radius 3 is 2.33 bits per heavy atom. The molecule has 1 atom stereocenters. The van der Waals surface area contributed by atoms with Gasteiger partial charge < -0.3 is 15.6 Å². The summed E-state index contributed by atoms with van der Waals surface area (Å²) in [7, 11) is 0. The molecule has 0 aliphatic carbocycles. The van der Waals surface area contributed by atoms with Gasteiger partial charge in [0.15, 0.2) is 0 Å². The molecule has 1 aromatic heterocycles. The van der Waals surface area contributed by atoms with Crippen LogP contribution in [0.4, 0.5) is 5.69 Å². The molecule has 30 heavy (non-hydrogen) atoms. The molecule has 2 amide bonds. The molecule has 0 aliphatic heterocycles. The van der Waals surface area contributed by atoms with Crippen LogP contribution in [0.25, 0.3) is 10.9 Å². The molecule has 1 heterocycles. The van der Waals surface area contributed by atoms with E-state index in [-0.39, 0.29) is 11.9 Å². The third-order valence-electron chi connectivity index (χ3n) is 4.60. The van der Waals surface area contributed by atoms with Crippen LogP contribution >= 0.6 is 0 Å². The van der Waals surface area contributed by atoms with E-state index in [1.54, 1.807) is 0 Å². The van der Waals surface area contributed by atoms with Gasteiger partial charge in [-0.15, -0.1) is 0 Å². The number of hydrogen-bond acceptors (Lipinski definition) is 2. The molecule has 0 spiro atoms. The number of anilines is 1. The van der Waals surface area contributed by atoms with Gasteiger partial charge in [0.2, 0.25) is 6.41 Å². The summed E-state index contributed by atoms with van der Waals surface area (Å²) in [6.45, 7) is 2.02. The van der Waals surface area contributed by atoms with Crippen molar-refractivity contribution in [2.24, 2.45) is 0 Å². The van der Waals surface area contributed by atoms with E-state index in [0.717, 1.165) is 23.0 Å². The van der Waals surface area contributed by atoms with Crippen LogP contribution in [0.1, 0.15) is 22.8 Å². The number of H-pyrrole nitrogens is 1. The Labute approximate surface area is 176 Å². The highest BCUT2D eigenvalue weighted by Gasteiger charge is 2.09. The van der Waals surface area contributed by atoms with Gasteiger partial charge in [0, 0.05) is 23.2 Å². The summed E-state index contributed by atoms with van der Waals surface area (Å²) >= 11 is 0. The minimum Gasteiger partial charge on any atom is -0.359 e. The molecule has 3 aromatic carbocycles. The van der Waals surface area contributed by atoms with Crippen molar-refractivity contribution in [3.8, 4) is 0 Å². The fourth-order valence-corrected chi connectivity index (χ4v) is 3.18. The number of aromatic nitrogens is 1. The largest absolute Gasteiger partial charge is 0.359 e. The molecule has 0 saturated heterocycles. The second-order valence-corrected chi connectivity index (χ2v) is 6.94. The first-order valence-electron chi connectivity index (χ1n) is 9.83. The van der Waals surface area contributed by atoms with Crippen molar-refractivity contribution in [3.05, 3.63) is 102 Å². The summed E-state index contributed by atoms with van der Waals surface area (Å²) in [5.74, 6) is -0.0148. The molecule has 3 N–H and O–H groups in total. The fraction of sp³-hybridized carbons (Fsp3) is 0.120. The van der Waals surface area contributed by atoms with E-state index in [0.29, 0.717) is 12.0 Å². The van der Waals surface area contributed by atoms with E-state index in [1.165, 1.54) is 5.56 Å². The molecule has 4 aromatic rings. The number of rotatable bonds is 6. The number of fused-ring (bicyclic) bond motifs is 1. The second-order valence-electron chi connectivity index (χ2n) is 6.94. The first-order chi connectivity index (χ1) is 14.7. The average Bonchev–Trinajstić information content (AvgIpc) is 3.26. The molecule has 0 bridgehead atoms. The first-order valence-corrected chi connectivity index (χ1v) is 9.83. The quantitative estimate of drug-likeness (QED) is 0.408. The third kappa shape index (κ3) is 5.82. The van der Waals surface area contributed by atoms with Crippen molar-refractivity contribution in [2.75, 3.05) is 5.32 Å². The van der Waals surface area contributed by atoms with Gasteiger partial charge in [0.05, 0.1) is 11.2 Å². The monoisotopic (exact) mass is 399 g/mol. The van der Waals surface area contributed by atoms with Crippen LogP contribution in [0, 0.1) is 0 Å². The van der Waals surface area contributed by atoms with Crippen LogP contribution in [-0.4, -0.2) is 23.3 Å². The molecular weight excluding hydrogens is 374 g/mol. The van der Waals surface area contributed by atoms with Gasteiger partial charge in [0.25, 0.3) is 5.91 Å². The molecule has 0 radical (unpaired) electrons. The SMILES string of the molecule is CC(Cc1ccccc1)NC(=O)c1ccccc1.O=CNc1cccc2cc[nH]c12. The van der Waals surface area contributed by atoms with Gasteiger partial charge in [0.1, 0.15) is 0 Å². The number of nitrogens with one attached hydrogen (secondary N) is 3. The number of carbonyl (C=O) groups excluding carboxylic acids is 2. The van der Waals surface area contributed by atoms with E-state index < -0.39 is 0 Å². The predicted octanol–water partition coefficient (Wildman–Crippen LogP) is 4.78. The Kier molecular flexibility index (Phi) is 7.39. The number of aromatic amines is 1. The summed E-state index contributed by atoms with van der Waals surface area (Å²) in [6.07, 6.45) is 3.37. The lowest BCUT2D eigenvalue weighted by Crippen LogP contribution is -2.34. The molecule has 0 aliphatic rings. The summed E-state index contributed by atoms with van der Waals surface area (Å²) in [5, 5.41) is 6.73. The standard InChI is InChI=1S/C16H17NO.C9H8N2O/c1-13(12-14-8-4-2-5-9-14)17-16(18)15-10-6-3-7-11-15;12-6-11-8-3-1-2-7-4-5-10-9(7)8/h2-11,13H,12H2,1H3,(H,17,18);1-6,10H,(H,11,12). The number of benzene rings is 3. The number of para-hydroxylation sites is 1. The Morgan fingerprint density at radius 1 is 0.933 bits per heavy atom. The first kappa shape index (κ1) is 20.9. The van der Waals surface area contributed by atoms with Crippen LogP contribution in [0.3, 0.4) is 0 Å². The highest BCUT2D eigenvalue weighted by atomic mass is 16.1. The van der Waals surface area contributed by atoms with Crippen molar-refractivity contribution in [1.82, 2.24) is 10.3 Å². The number of carbonyl (C=O) groups is 2. The fourth-order valence-electron chi connectivity index (χ4n) is 3.18. The Balaban J connectivity index is 0.000000184. The van der Waals surface area contributed by atoms with Crippen molar-refractivity contribution < 1.29 is 9.59 Å². The van der Waals surface area contributed by atoms with Crippen LogP contribution < -0.4 is 10.6 Å². The molecule has 5 nitrogen and oxygen atoms in total. The third-order valence-corrected chi connectivity index (χ3v) is 4.60. The van der Waals surface area contributed by atoms with Gasteiger partial charge in [-0.2, -0.15) is 0 Å². The van der Waals surface area contributed by atoms with Crippen molar-refractivity contribution in [3.63, 3.8) is 0 Å². The summed E-state index contributed by atoms with van der Waals surface area (Å²) in [5.41, 5.74) is 3.72. The van der Waals surface area contributed by atoms with Crippen molar-refractivity contribution in [1.29, 1.82) is 0 Å². The zero-order valence-electron chi connectivity index (χ0n) is 16.8. The highest BCUT2D eigenvalue weighted by Crippen LogP contribution is 2.20. The summed E-state index contributed by atoms with van der Waals surface area (Å²) in [6, 6.07) is 27.3. The van der Waals surface area contributed by atoms with Gasteiger partial charge in [-0.3, -0.25) is 9.59 Å². The van der Waals surface area contributed by atoms with Crippen molar-refractivity contribution >= 4 is 28.9 Å². The minimum absolute atomic E-state index is 0.0148. The average molecular weight is 399 g/mol. The molecule has 0 fully saturated rings. The normalized spacial score (nSPS) is 11.1. The molecule has 1 unspecified atom stereocenters. The van der Waals surface area contributed by atoms with Crippen LogP contribution in [0.15, 0.2) is 91.1 Å². The highest BCUT2D eigenvalue weighted by molar-refractivity contribution is 5.95. The van der Waals surface area contributed by atoms with E-state index in [4.69, 9.17) is 0 Å². The Bertz CT molecular complexity index is 1080. The van der Waals surface area contributed by atoms with Gasteiger partial charge in [-0.1, -0.05) is 60.7 Å². The zero-order chi connectivity index (χ0) is 21.2.